The predicted octanol–water partition coefficient (Wildman–Crippen LogP) is 6.89. The summed E-state index contributed by atoms with van der Waals surface area (Å²) in [5.41, 5.74) is 3.70. The second-order valence-corrected chi connectivity index (χ2v) is 15.0. The van der Waals surface area contributed by atoms with E-state index in [0.717, 1.165) is 66.0 Å². The van der Waals surface area contributed by atoms with Crippen LogP contribution in [-0.2, 0) is 18.8 Å². The zero-order valence-corrected chi connectivity index (χ0v) is 29.2. The number of likely N-dealkylation sites (tertiary alicyclic amines) is 1. The van der Waals surface area contributed by atoms with Crippen molar-refractivity contribution in [3.05, 3.63) is 48.2 Å². The number of benzene rings is 2. The van der Waals surface area contributed by atoms with Gasteiger partial charge in [0.05, 0.1) is 24.4 Å². The van der Waals surface area contributed by atoms with Crippen LogP contribution in [0.2, 0.25) is 0 Å². The first kappa shape index (κ1) is 34.2. The van der Waals surface area contributed by atoms with Crippen molar-refractivity contribution in [2.24, 2.45) is 16.3 Å². The number of nitrogens with zero attached hydrogens (tertiary/aromatic N) is 2. The van der Waals surface area contributed by atoms with Crippen LogP contribution in [0.4, 0.5) is 4.79 Å². The molecule has 0 aromatic heterocycles. The first-order valence-electron chi connectivity index (χ1n) is 17.0. The van der Waals surface area contributed by atoms with Crippen molar-refractivity contribution >= 4 is 46.6 Å². The van der Waals surface area contributed by atoms with Crippen molar-refractivity contribution < 1.29 is 23.6 Å². The summed E-state index contributed by atoms with van der Waals surface area (Å²) in [7, 11) is 0.929. The van der Waals surface area contributed by atoms with Gasteiger partial charge >= 0.3 is 13.2 Å². The summed E-state index contributed by atoms with van der Waals surface area (Å²) in [6, 6.07) is 12.3. The van der Waals surface area contributed by atoms with Crippen molar-refractivity contribution in [3.8, 4) is 0 Å². The van der Waals surface area contributed by atoms with Crippen LogP contribution in [0.5, 0.6) is 0 Å². The monoisotopic (exact) mass is 629 g/mol. The lowest BCUT2D eigenvalue weighted by Crippen LogP contribution is -2.53. The number of amides is 2. The van der Waals surface area contributed by atoms with Crippen molar-refractivity contribution in [2.75, 3.05) is 13.7 Å². The van der Waals surface area contributed by atoms with Gasteiger partial charge in [-0.3, -0.25) is 9.79 Å². The molecule has 2 amide bonds. The maximum atomic E-state index is 13.8. The van der Waals surface area contributed by atoms with E-state index in [1.54, 1.807) is 0 Å². The number of fused-ring (bicyclic) bond motifs is 1. The van der Waals surface area contributed by atoms with Crippen molar-refractivity contribution in [1.82, 2.24) is 10.2 Å². The number of methoxy groups -OCH3 is 1. The van der Waals surface area contributed by atoms with E-state index in [1.807, 2.05) is 31.9 Å². The molecule has 2 atom stereocenters. The number of aliphatic imine (C=N–C) groups is 1. The molecular formula is C37H52BN3O5. The molecular weight excluding hydrogens is 577 g/mol. The lowest BCUT2D eigenvalue weighted by atomic mass is 9.78. The number of nitrogens with one attached hydrogen (secondary N) is 1. The Hall–Kier alpha value is -3.17. The normalized spacial score (nSPS) is 22.5. The number of hydrogen-bond acceptors (Lipinski definition) is 6. The summed E-state index contributed by atoms with van der Waals surface area (Å²) in [5.74, 6) is -0.130. The molecule has 8 nitrogen and oxygen atoms in total. The molecule has 1 spiro atoms. The molecule has 0 bridgehead atoms. The van der Waals surface area contributed by atoms with E-state index in [4.69, 9.17) is 19.0 Å². The third-order valence-electron chi connectivity index (χ3n) is 10.6. The topological polar surface area (TPSA) is 89.5 Å². The van der Waals surface area contributed by atoms with E-state index in [0.29, 0.717) is 6.54 Å². The van der Waals surface area contributed by atoms with Crippen LogP contribution in [0.3, 0.4) is 0 Å². The Balaban J connectivity index is 1.40. The van der Waals surface area contributed by atoms with Gasteiger partial charge in [-0.05, 0) is 111 Å². The summed E-state index contributed by atoms with van der Waals surface area (Å²) in [5, 5.41) is 5.06. The van der Waals surface area contributed by atoms with Gasteiger partial charge in [0.2, 0.25) is 5.91 Å². The van der Waals surface area contributed by atoms with Gasteiger partial charge in [-0.15, -0.1) is 0 Å². The number of rotatable bonds is 10. The van der Waals surface area contributed by atoms with Gasteiger partial charge < -0.3 is 24.3 Å². The third kappa shape index (κ3) is 7.06. The molecule has 5 rings (SSSR count). The highest BCUT2D eigenvalue weighted by Crippen LogP contribution is 2.55. The molecule has 9 heteroatoms. The second-order valence-electron chi connectivity index (χ2n) is 15.0. The standard InChI is InChI=1S/C37H52BN3O5/c1-10-11-12-29(27-13-14-28-20-30(16-15-26(28)19-27)38-45-35(5,6)36(7,8)46-38)22-39-25(4)31-21-37(17-18-37)23-41(31)33(42)32(24(2)3)40-34(43)44-9/h13-16,19-20,22,24,31-32H,10-12,17-18,21,23H2,1-9H3,(H,40,43)/b29-22+,39-25+/t31-,32-/m0/s1. The molecule has 2 saturated heterocycles. The Bertz CT molecular complexity index is 1510. The first-order chi connectivity index (χ1) is 21.7. The molecule has 1 N–H and O–H groups in total. The van der Waals surface area contributed by atoms with E-state index in [2.05, 4.69) is 76.3 Å². The zero-order valence-electron chi connectivity index (χ0n) is 29.2. The number of allylic oxidation sites excluding steroid dienone is 1. The van der Waals surface area contributed by atoms with Crippen LogP contribution < -0.4 is 10.8 Å². The van der Waals surface area contributed by atoms with Gasteiger partial charge in [0.25, 0.3) is 0 Å². The summed E-state index contributed by atoms with van der Waals surface area (Å²) >= 11 is 0. The largest absolute Gasteiger partial charge is 0.494 e. The molecule has 46 heavy (non-hydrogen) atoms. The first-order valence-corrected chi connectivity index (χ1v) is 17.0. The van der Waals surface area contributed by atoms with Crippen LogP contribution in [0.15, 0.2) is 47.6 Å². The van der Waals surface area contributed by atoms with E-state index in [1.165, 1.54) is 12.7 Å². The van der Waals surface area contributed by atoms with Crippen LogP contribution in [0, 0.1) is 11.3 Å². The van der Waals surface area contributed by atoms with Gasteiger partial charge in [-0.2, -0.15) is 0 Å². The van der Waals surface area contributed by atoms with Gasteiger partial charge in [0.1, 0.15) is 6.04 Å². The van der Waals surface area contributed by atoms with Gasteiger partial charge in [0, 0.05) is 18.5 Å². The molecule has 2 aromatic rings. The maximum absolute atomic E-state index is 13.8. The molecule has 3 aliphatic rings. The SMILES string of the molecule is CCCC/C(=C\N=C(/C)[C@@H]1CC2(CC2)CN1C(=O)[C@@H](NC(=O)OC)C(C)C)c1ccc2cc(B3OC(C)(C)C(C)(C)O3)ccc2c1. The lowest BCUT2D eigenvalue weighted by Gasteiger charge is -2.32. The predicted molar refractivity (Wildman–Crippen MR) is 186 cm³/mol. The minimum atomic E-state index is -0.643. The molecule has 248 valence electrons. The summed E-state index contributed by atoms with van der Waals surface area (Å²) in [6.45, 7) is 17.1. The van der Waals surface area contributed by atoms with E-state index < -0.39 is 19.3 Å². The van der Waals surface area contributed by atoms with E-state index in [-0.39, 0.29) is 34.5 Å². The quantitative estimate of drug-likeness (QED) is 0.228. The van der Waals surface area contributed by atoms with Crippen molar-refractivity contribution in [3.63, 3.8) is 0 Å². The second kappa shape index (κ2) is 13.1. The molecule has 1 aliphatic carbocycles. The Kier molecular flexibility index (Phi) is 9.77. The Morgan fingerprint density at radius 2 is 1.74 bits per heavy atom. The highest BCUT2D eigenvalue weighted by molar-refractivity contribution is 6.62. The zero-order chi connectivity index (χ0) is 33.4. The highest BCUT2D eigenvalue weighted by atomic mass is 16.7. The average molecular weight is 630 g/mol. The number of ether oxygens (including phenoxy) is 1. The average Bonchev–Trinajstić information content (AvgIpc) is 3.60. The maximum Gasteiger partial charge on any atom is 0.494 e. The Labute approximate surface area is 275 Å². The molecule has 1 saturated carbocycles. The smallest absolute Gasteiger partial charge is 0.453 e. The van der Waals surface area contributed by atoms with Gasteiger partial charge in [-0.1, -0.05) is 57.5 Å². The molecule has 3 fully saturated rings. The molecule has 2 aliphatic heterocycles. The summed E-state index contributed by atoms with van der Waals surface area (Å²) < 4.78 is 17.4. The van der Waals surface area contributed by atoms with Crippen LogP contribution in [0.1, 0.15) is 99.5 Å². The van der Waals surface area contributed by atoms with Crippen LogP contribution >= 0.6 is 0 Å². The van der Waals surface area contributed by atoms with Crippen molar-refractivity contribution in [1.29, 1.82) is 0 Å². The Morgan fingerprint density at radius 3 is 2.35 bits per heavy atom. The fraction of sp³-hybridized carbons (Fsp3) is 0.595. The number of unbranched alkanes of at least 4 members (excludes halogenated alkanes) is 1. The molecule has 0 radical (unpaired) electrons. The summed E-state index contributed by atoms with van der Waals surface area (Å²) in [6.07, 6.45) is 7.66. The number of carbonyl (C=O) groups is 2. The van der Waals surface area contributed by atoms with Gasteiger partial charge in [-0.25, -0.2) is 4.79 Å². The molecule has 0 unspecified atom stereocenters. The minimum Gasteiger partial charge on any atom is -0.453 e. The van der Waals surface area contributed by atoms with Crippen molar-refractivity contribution in [2.45, 2.75) is 117 Å². The number of alkyl carbamates (subject to hydrolysis) is 1. The molecule has 2 aromatic carbocycles. The van der Waals surface area contributed by atoms with E-state index >= 15 is 0 Å². The third-order valence-corrected chi connectivity index (χ3v) is 10.6. The fourth-order valence-electron chi connectivity index (χ4n) is 6.58. The highest BCUT2D eigenvalue weighted by Gasteiger charge is 2.55. The molecule has 2 heterocycles. The van der Waals surface area contributed by atoms with Crippen LogP contribution in [0.25, 0.3) is 16.3 Å². The Morgan fingerprint density at radius 1 is 1.09 bits per heavy atom. The van der Waals surface area contributed by atoms with Gasteiger partial charge in [0.15, 0.2) is 0 Å². The fourth-order valence-corrected chi connectivity index (χ4v) is 6.58. The van der Waals surface area contributed by atoms with Crippen LogP contribution in [-0.4, -0.2) is 66.7 Å². The number of carbonyl (C=O) groups excluding carboxylic acids is 2. The number of hydrogen-bond donors (Lipinski definition) is 1. The minimum absolute atomic E-state index is 0.0617. The summed E-state index contributed by atoms with van der Waals surface area (Å²) in [4.78, 5) is 32.9. The lowest BCUT2D eigenvalue weighted by molar-refractivity contribution is -0.134. The van der Waals surface area contributed by atoms with E-state index in [9.17, 15) is 9.59 Å².